The quantitative estimate of drug-likeness (QED) is 0.219. The van der Waals surface area contributed by atoms with Crippen molar-refractivity contribution in [2.75, 3.05) is 13.7 Å². The number of carbonyl (C=O) groups excluding carboxylic acids is 1. The Kier molecular flexibility index (Phi) is 7.87. The summed E-state index contributed by atoms with van der Waals surface area (Å²) in [5.41, 5.74) is 1.96. The van der Waals surface area contributed by atoms with Crippen LogP contribution in [-0.2, 0) is 9.53 Å². The molecule has 0 N–H and O–H groups in total. The van der Waals surface area contributed by atoms with Crippen LogP contribution in [0.25, 0.3) is 6.08 Å². The SMILES string of the molecule is CCOC(=O)C1=C(C)N=c2s/c(=C/c3cc(Br)c(Sc4nccc(C)n4)o3)c(=O)n2[C@@H]1c1ccccc1OC. The maximum Gasteiger partial charge on any atom is 0.338 e. The second-order valence-corrected chi connectivity index (χ2v) is 11.2. The number of thiazole rings is 1. The molecule has 0 saturated carbocycles. The van der Waals surface area contributed by atoms with E-state index in [1.165, 1.54) is 27.7 Å². The summed E-state index contributed by atoms with van der Waals surface area (Å²) in [6.45, 7) is 5.56. The number of nitrogens with zero attached hydrogens (tertiary/aromatic N) is 4. The van der Waals surface area contributed by atoms with Gasteiger partial charge in [-0.2, -0.15) is 0 Å². The molecule has 4 heterocycles. The van der Waals surface area contributed by atoms with Gasteiger partial charge in [-0.15, -0.1) is 0 Å². The van der Waals surface area contributed by atoms with Crippen LogP contribution in [0.2, 0.25) is 0 Å². The van der Waals surface area contributed by atoms with Gasteiger partial charge in [0.15, 0.2) is 15.1 Å². The van der Waals surface area contributed by atoms with E-state index in [2.05, 4.69) is 30.9 Å². The number of ether oxygens (including phenoxy) is 2. The van der Waals surface area contributed by atoms with Gasteiger partial charge in [-0.1, -0.05) is 29.5 Å². The van der Waals surface area contributed by atoms with E-state index in [0.29, 0.717) is 46.8 Å². The van der Waals surface area contributed by atoms with Crippen molar-refractivity contribution >= 4 is 51.1 Å². The van der Waals surface area contributed by atoms with Crippen molar-refractivity contribution in [1.82, 2.24) is 14.5 Å². The van der Waals surface area contributed by atoms with Gasteiger partial charge in [0.05, 0.1) is 34.0 Å². The van der Waals surface area contributed by atoms with Crippen molar-refractivity contribution in [3.63, 3.8) is 0 Å². The number of fused-ring (bicyclic) bond motifs is 1. The van der Waals surface area contributed by atoms with Gasteiger partial charge in [0.25, 0.3) is 5.56 Å². The Morgan fingerprint density at radius 1 is 1.28 bits per heavy atom. The number of aromatic nitrogens is 3. The lowest BCUT2D eigenvalue weighted by atomic mass is 9.95. The molecule has 12 heteroatoms. The van der Waals surface area contributed by atoms with Crippen LogP contribution in [0, 0.1) is 6.92 Å². The van der Waals surface area contributed by atoms with Crippen molar-refractivity contribution in [2.45, 2.75) is 37.1 Å². The molecule has 0 amide bonds. The fourth-order valence-electron chi connectivity index (χ4n) is 4.18. The fourth-order valence-corrected chi connectivity index (χ4v) is 6.51. The van der Waals surface area contributed by atoms with Gasteiger partial charge in [-0.05, 0) is 66.7 Å². The topological polar surface area (TPSA) is 109 Å². The van der Waals surface area contributed by atoms with E-state index in [4.69, 9.17) is 13.9 Å². The molecule has 9 nitrogen and oxygen atoms in total. The van der Waals surface area contributed by atoms with Gasteiger partial charge >= 0.3 is 5.97 Å². The first-order chi connectivity index (χ1) is 18.8. The molecule has 5 rings (SSSR count). The van der Waals surface area contributed by atoms with Crippen LogP contribution in [-0.4, -0.2) is 34.2 Å². The Balaban J connectivity index is 1.63. The molecule has 1 aromatic carbocycles. The second-order valence-electron chi connectivity index (χ2n) is 8.41. The molecule has 39 heavy (non-hydrogen) atoms. The summed E-state index contributed by atoms with van der Waals surface area (Å²) in [7, 11) is 1.55. The molecule has 0 radical (unpaired) electrons. The van der Waals surface area contributed by atoms with Gasteiger partial charge in [0, 0.05) is 23.5 Å². The van der Waals surface area contributed by atoms with E-state index in [-0.39, 0.29) is 17.7 Å². The molecule has 0 spiro atoms. The minimum Gasteiger partial charge on any atom is -0.496 e. The molecule has 1 atom stereocenters. The minimum absolute atomic E-state index is 0.194. The minimum atomic E-state index is -0.772. The summed E-state index contributed by atoms with van der Waals surface area (Å²) in [5, 5.41) is 1.11. The van der Waals surface area contributed by atoms with Crippen molar-refractivity contribution < 1.29 is 18.7 Å². The third kappa shape index (κ3) is 5.36. The van der Waals surface area contributed by atoms with E-state index >= 15 is 0 Å². The molecule has 0 fully saturated rings. The van der Waals surface area contributed by atoms with Gasteiger partial charge in [0.2, 0.25) is 0 Å². The zero-order valence-electron chi connectivity index (χ0n) is 21.4. The first-order valence-electron chi connectivity index (χ1n) is 11.9. The zero-order valence-corrected chi connectivity index (χ0v) is 24.6. The van der Waals surface area contributed by atoms with Crippen LogP contribution >= 0.6 is 39.0 Å². The van der Waals surface area contributed by atoms with E-state index in [1.807, 2.05) is 31.2 Å². The number of carbonyl (C=O) groups is 1. The average Bonchev–Trinajstić information content (AvgIpc) is 3.40. The Morgan fingerprint density at radius 2 is 2.08 bits per heavy atom. The standard InChI is InChI=1S/C27H23BrN4O5S2/c1-5-36-24(34)21-15(3)31-27-32(22(21)17-8-6-7-9-19(17)35-4)23(33)20(38-27)13-16-12-18(28)25(37-16)39-26-29-11-10-14(2)30-26/h6-13,22H,5H2,1-4H3/b20-13+/t22-/m1/s1. The lowest BCUT2D eigenvalue weighted by Gasteiger charge is -2.25. The predicted octanol–water partition coefficient (Wildman–Crippen LogP) is 4.41. The number of furan rings is 1. The number of rotatable bonds is 7. The second kappa shape index (κ2) is 11.3. The first-order valence-corrected chi connectivity index (χ1v) is 14.3. The molecule has 0 saturated heterocycles. The Morgan fingerprint density at radius 3 is 2.82 bits per heavy atom. The highest BCUT2D eigenvalue weighted by Gasteiger charge is 2.35. The third-order valence-electron chi connectivity index (χ3n) is 5.86. The molecule has 0 unspecified atom stereocenters. The van der Waals surface area contributed by atoms with Crippen LogP contribution in [0.1, 0.15) is 36.9 Å². The van der Waals surface area contributed by atoms with Crippen LogP contribution in [0.15, 0.2) is 82.8 Å². The molecular weight excluding hydrogens is 604 g/mol. The number of allylic oxidation sites excluding steroid dienone is 1. The first kappa shape index (κ1) is 27.1. The number of hydrogen-bond acceptors (Lipinski definition) is 10. The number of halogens is 1. The fraction of sp³-hybridized carbons (Fsp3) is 0.222. The summed E-state index contributed by atoms with van der Waals surface area (Å²) >= 11 is 6.01. The summed E-state index contributed by atoms with van der Waals surface area (Å²) in [6, 6.07) is 10.1. The number of methoxy groups -OCH3 is 1. The number of para-hydroxylation sites is 1. The Bertz CT molecular complexity index is 1790. The molecule has 0 bridgehead atoms. The number of hydrogen-bond donors (Lipinski definition) is 0. The van der Waals surface area contributed by atoms with Gasteiger partial charge < -0.3 is 13.9 Å². The maximum atomic E-state index is 13.8. The van der Waals surface area contributed by atoms with Gasteiger partial charge in [-0.25, -0.2) is 19.8 Å². The van der Waals surface area contributed by atoms with Crippen LogP contribution < -0.4 is 19.6 Å². The van der Waals surface area contributed by atoms with Crippen molar-refractivity contribution in [2.24, 2.45) is 4.99 Å². The summed E-state index contributed by atoms with van der Waals surface area (Å²) < 4.78 is 19.6. The van der Waals surface area contributed by atoms with E-state index in [1.54, 1.807) is 45.4 Å². The smallest absolute Gasteiger partial charge is 0.338 e. The predicted molar refractivity (Wildman–Crippen MR) is 151 cm³/mol. The Labute approximate surface area is 240 Å². The molecule has 0 aliphatic carbocycles. The Hall–Kier alpha value is -3.48. The summed E-state index contributed by atoms with van der Waals surface area (Å²) in [6.07, 6.45) is 3.35. The van der Waals surface area contributed by atoms with Crippen molar-refractivity contribution in [1.29, 1.82) is 0 Å². The lowest BCUT2D eigenvalue weighted by molar-refractivity contribution is -0.139. The summed E-state index contributed by atoms with van der Waals surface area (Å²) in [5.74, 6) is 0.486. The van der Waals surface area contributed by atoms with E-state index in [0.717, 1.165) is 5.69 Å². The lowest BCUT2D eigenvalue weighted by Crippen LogP contribution is -2.40. The zero-order chi connectivity index (χ0) is 27.7. The maximum absolute atomic E-state index is 13.8. The highest BCUT2D eigenvalue weighted by molar-refractivity contribution is 9.10. The van der Waals surface area contributed by atoms with Crippen molar-refractivity contribution in [3.8, 4) is 5.75 Å². The highest BCUT2D eigenvalue weighted by Crippen LogP contribution is 2.36. The average molecular weight is 628 g/mol. The van der Waals surface area contributed by atoms with Crippen LogP contribution in [0.3, 0.4) is 0 Å². The van der Waals surface area contributed by atoms with E-state index in [9.17, 15) is 9.59 Å². The van der Waals surface area contributed by atoms with Gasteiger partial charge in [0.1, 0.15) is 17.6 Å². The largest absolute Gasteiger partial charge is 0.496 e. The molecular formula is C27H23BrN4O5S2. The molecule has 4 aromatic rings. The molecule has 1 aliphatic heterocycles. The normalized spacial score (nSPS) is 15.2. The van der Waals surface area contributed by atoms with Crippen molar-refractivity contribution in [3.05, 3.63) is 95.0 Å². The van der Waals surface area contributed by atoms with Crippen LogP contribution in [0.5, 0.6) is 5.75 Å². The van der Waals surface area contributed by atoms with Gasteiger partial charge in [-0.3, -0.25) is 9.36 Å². The third-order valence-corrected chi connectivity index (χ3v) is 8.56. The van der Waals surface area contributed by atoms with Crippen LogP contribution in [0.4, 0.5) is 0 Å². The molecule has 3 aromatic heterocycles. The van der Waals surface area contributed by atoms with E-state index < -0.39 is 12.0 Å². The molecule has 200 valence electrons. The monoisotopic (exact) mass is 626 g/mol. The number of benzene rings is 1. The number of esters is 1. The summed E-state index contributed by atoms with van der Waals surface area (Å²) in [4.78, 5) is 40.7. The highest BCUT2D eigenvalue weighted by atomic mass is 79.9. The number of aryl methyl sites for hydroxylation is 1. The molecule has 1 aliphatic rings.